The van der Waals surface area contributed by atoms with Gasteiger partial charge in [0.15, 0.2) is 0 Å². The standard InChI is InChI=1S/C23H23N5O/c1-26-20(12-13-24-26)17-8-10-18(11-9-17)21-6-5-7-22-19(16-25-28(21)22)23(29)27-14-3-2-4-15-27/h5-13,16H,2-4,14-15H2,1H3. The highest BCUT2D eigenvalue weighted by molar-refractivity contribution is 6.01. The van der Waals surface area contributed by atoms with Gasteiger partial charge in [0, 0.05) is 31.9 Å². The van der Waals surface area contributed by atoms with E-state index in [1.54, 1.807) is 12.4 Å². The maximum atomic E-state index is 13.0. The molecule has 146 valence electrons. The number of carbonyl (C=O) groups excluding carboxylic acids is 1. The van der Waals surface area contributed by atoms with Crippen LogP contribution in [-0.2, 0) is 7.05 Å². The number of aryl methyl sites for hydroxylation is 1. The maximum absolute atomic E-state index is 13.0. The zero-order valence-corrected chi connectivity index (χ0v) is 16.5. The number of benzene rings is 1. The molecule has 0 saturated carbocycles. The molecule has 6 heteroatoms. The van der Waals surface area contributed by atoms with Crippen molar-refractivity contribution in [3.05, 3.63) is 66.5 Å². The van der Waals surface area contributed by atoms with Gasteiger partial charge >= 0.3 is 0 Å². The molecule has 0 aliphatic carbocycles. The number of carbonyl (C=O) groups is 1. The van der Waals surface area contributed by atoms with Crippen molar-refractivity contribution in [2.24, 2.45) is 7.05 Å². The largest absolute Gasteiger partial charge is 0.339 e. The molecule has 4 heterocycles. The molecule has 0 radical (unpaired) electrons. The van der Waals surface area contributed by atoms with Crippen molar-refractivity contribution in [2.75, 3.05) is 13.1 Å². The van der Waals surface area contributed by atoms with Crippen molar-refractivity contribution in [3.8, 4) is 22.5 Å². The molecule has 29 heavy (non-hydrogen) atoms. The molecule has 1 saturated heterocycles. The second-order valence-corrected chi connectivity index (χ2v) is 7.54. The molecule has 1 amide bonds. The van der Waals surface area contributed by atoms with Crippen LogP contribution in [0.1, 0.15) is 29.6 Å². The van der Waals surface area contributed by atoms with Crippen LogP contribution in [0.25, 0.3) is 28.0 Å². The van der Waals surface area contributed by atoms with Crippen LogP contribution in [0, 0.1) is 0 Å². The van der Waals surface area contributed by atoms with Crippen molar-refractivity contribution in [1.29, 1.82) is 0 Å². The first-order chi connectivity index (χ1) is 14.2. The maximum Gasteiger partial charge on any atom is 0.257 e. The van der Waals surface area contributed by atoms with Gasteiger partial charge in [0.25, 0.3) is 5.91 Å². The van der Waals surface area contributed by atoms with Gasteiger partial charge in [-0.05, 0) is 43.0 Å². The number of likely N-dealkylation sites (tertiary alicyclic amines) is 1. The van der Waals surface area contributed by atoms with Crippen LogP contribution in [0.2, 0.25) is 0 Å². The van der Waals surface area contributed by atoms with Crippen LogP contribution in [0.4, 0.5) is 0 Å². The second-order valence-electron chi connectivity index (χ2n) is 7.54. The smallest absolute Gasteiger partial charge is 0.257 e. The molecule has 1 aliphatic rings. The summed E-state index contributed by atoms with van der Waals surface area (Å²) in [5, 5.41) is 8.79. The molecule has 0 atom stereocenters. The highest BCUT2D eigenvalue weighted by atomic mass is 16.2. The molecule has 0 N–H and O–H groups in total. The third-order valence-corrected chi connectivity index (χ3v) is 5.71. The van der Waals surface area contributed by atoms with E-state index in [2.05, 4.69) is 34.5 Å². The molecule has 3 aromatic heterocycles. The van der Waals surface area contributed by atoms with E-state index in [9.17, 15) is 4.79 Å². The fourth-order valence-electron chi connectivity index (χ4n) is 4.13. The number of aromatic nitrogens is 4. The summed E-state index contributed by atoms with van der Waals surface area (Å²) in [5.41, 5.74) is 5.75. The Morgan fingerprint density at radius 2 is 1.59 bits per heavy atom. The number of piperidine rings is 1. The van der Waals surface area contributed by atoms with E-state index in [1.165, 1.54) is 6.42 Å². The lowest BCUT2D eigenvalue weighted by Gasteiger charge is -2.26. The van der Waals surface area contributed by atoms with Crippen molar-refractivity contribution in [2.45, 2.75) is 19.3 Å². The number of fused-ring (bicyclic) bond motifs is 1. The van der Waals surface area contributed by atoms with E-state index in [0.717, 1.165) is 54.0 Å². The SMILES string of the molecule is Cn1nccc1-c1ccc(-c2cccc3c(C(=O)N4CCCCC4)cnn23)cc1. The van der Waals surface area contributed by atoms with Crippen molar-refractivity contribution >= 4 is 11.4 Å². The van der Waals surface area contributed by atoms with E-state index in [1.807, 2.05) is 45.4 Å². The Morgan fingerprint density at radius 1 is 0.862 bits per heavy atom. The topological polar surface area (TPSA) is 55.4 Å². The number of amides is 1. The number of hydrogen-bond donors (Lipinski definition) is 0. The minimum atomic E-state index is 0.0865. The average molecular weight is 385 g/mol. The number of rotatable bonds is 3. The summed E-state index contributed by atoms with van der Waals surface area (Å²) in [6.07, 6.45) is 6.88. The first-order valence-electron chi connectivity index (χ1n) is 10.1. The van der Waals surface area contributed by atoms with Gasteiger partial charge < -0.3 is 4.90 Å². The minimum Gasteiger partial charge on any atom is -0.339 e. The van der Waals surface area contributed by atoms with Gasteiger partial charge in [0.05, 0.1) is 28.7 Å². The van der Waals surface area contributed by atoms with Gasteiger partial charge in [-0.3, -0.25) is 9.48 Å². The first-order valence-corrected chi connectivity index (χ1v) is 10.1. The van der Waals surface area contributed by atoms with Gasteiger partial charge in [-0.25, -0.2) is 4.52 Å². The summed E-state index contributed by atoms with van der Waals surface area (Å²) in [6, 6.07) is 16.4. The highest BCUT2D eigenvalue weighted by Crippen LogP contribution is 2.26. The number of nitrogens with zero attached hydrogens (tertiary/aromatic N) is 5. The van der Waals surface area contributed by atoms with Crippen LogP contribution in [0.15, 0.2) is 60.9 Å². The lowest BCUT2D eigenvalue weighted by atomic mass is 10.1. The molecule has 4 aromatic rings. The molecular weight excluding hydrogens is 362 g/mol. The Kier molecular flexibility index (Phi) is 4.39. The van der Waals surface area contributed by atoms with E-state index >= 15 is 0 Å². The molecule has 1 fully saturated rings. The van der Waals surface area contributed by atoms with Gasteiger partial charge in [0.1, 0.15) is 0 Å². The fourth-order valence-corrected chi connectivity index (χ4v) is 4.13. The summed E-state index contributed by atoms with van der Waals surface area (Å²) in [7, 11) is 1.94. The summed E-state index contributed by atoms with van der Waals surface area (Å²) in [6.45, 7) is 1.68. The summed E-state index contributed by atoms with van der Waals surface area (Å²) in [5.74, 6) is 0.0865. The fraction of sp³-hybridized carbons (Fsp3) is 0.261. The zero-order valence-electron chi connectivity index (χ0n) is 16.5. The first kappa shape index (κ1) is 17.7. The molecule has 0 bridgehead atoms. The Bertz CT molecular complexity index is 1170. The molecule has 6 nitrogen and oxygen atoms in total. The van der Waals surface area contributed by atoms with Crippen molar-refractivity contribution in [3.63, 3.8) is 0 Å². The van der Waals surface area contributed by atoms with E-state index in [-0.39, 0.29) is 5.91 Å². The number of hydrogen-bond acceptors (Lipinski definition) is 3. The summed E-state index contributed by atoms with van der Waals surface area (Å²) >= 11 is 0. The van der Waals surface area contributed by atoms with E-state index in [0.29, 0.717) is 5.56 Å². The number of pyridine rings is 1. The van der Waals surface area contributed by atoms with Crippen LogP contribution in [-0.4, -0.2) is 43.3 Å². The van der Waals surface area contributed by atoms with Gasteiger partial charge in [-0.1, -0.05) is 30.3 Å². The highest BCUT2D eigenvalue weighted by Gasteiger charge is 2.22. The average Bonchev–Trinajstić information content (AvgIpc) is 3.40. The quantitative estimate of drug-likeness (QED) is 0.535. The Balaban J connectivity index is 1.50. The van der Waals surface area contributed by atoms with Crippen LogP contribution in [0.5, 0.6) is 0 Å². The van der Waals surface area contributed by atoms with E-state index < -0.39 is 0 Å². The van der Waals surface area contributed by atoms with Crippen molar-refractivity contribution in [1.82, 2.24) is 24.3 Å². The monoisotopic (exact) mass is 385 g/mol. The predicted molar refractivity (Wildman–Crippen MR) is 113 cm³/mol. The third kappa shape index (κ3) is 3.10. The Labute approximate surface area is 169 Å². The lowest BCUT2D eigenvalue weighted by Crippen LogP contribution is -2.35. The molecule has 0 unspecified atom stereocenters. The van der Waals surface area contributed by atoms with Gasteiger partial charge in [0.2, 0.25) is 0 Å². The molecule has 1 aromatic carbocycles. The second kappa shape index (κ2) is 7.20. The third-order valence-electron chi connectivity index (χ3n) is 5.71. The van der Waals surface area contributed by atoms with Crippen LogP contribution < -0.4 is 0 Å². The van der Waals surface area contributed by atoms with Crippen molar-refractivity contribution < 1.29 is 4.79 Å². The molecule has 0 spiro atoms. The van der Waals surface area contributed by atoms with Gasteiger partial charge in [-0.2, -0.15) is 10.2 Å². The van der Waals surface area contributed by atoms with E-state index in [4.69, 9.17) is 0 Å². The molecular formula is C23H23N5O. The van der Waals surface area contributed by atoms with Crippen LogP contribution in [0.3, 0.4) is 0 Å². The van der Waals surface area contributed by atoms with Gasteiger partial charge in [-0.15, -0.1) is 0 Å². The summed E-state index contributed by atoms with van der Waals surface area (Å²) in [4.78, 5) is 14.9. The normalized spacial score (nSPS) is 14.4. The van der Waals surface area contributed by atoms with Crippen LogP contribution >= 0.6 is 0 Å². The minimum absolute atomic E-state index is 0.0865. The predicted octanol–water partition coefficient (Wildman–Crippen LogP) is 4.03. The Morgan fingerprint density at radius 3 is 2.28 bits per heavy atom. The lowest BCUT2D eigenvalue weighted by molar-refractivity contribution is 0.0726. The molecule has 1 aliphatic heterocycles. The summed E-state index contributed by atoms with van der Waals surface area (Å²) < 4.78 is 3.73. The Hall–Kier alpha value is -3.41. The zero-order chi connectivity index (χ0) is 19.8. The molecule has 5 rings (SSSR count).